The number of imidazole rings is 1. The molecule has 0 saturated carbocycles. The second kappa shape index (κ2) is 10.2. The Kier molecular flexibility index (Phi) is 7.93. The summed E-state index contributed by atoms with van der Waals surface area (Å²) in [5.74, 6) is 1.57. The number of H-pyrrole nitrogens is 1. The van der Waals surface area contributed by atoms with E-state index in [1.54, 1.807) is 7.05 Å². The van der Waals surface area contributed by atoms with E-state index in [0.29, 0.717) is 19.0 Å². The van der Waals surface area contributed by atoms with Crippen molar-refractivity contribution < 1.29 is 0 Å². The molecule has 0 saturated heterocycles. The number of guanidine groups is 1. The summed E-state index contributed by atoms with van der Waals surface area (Å²) >= 11 is 5.90. The van der Waals surface area contributed by atoms with E-state index in [9.17, 15) is 0 Å². The zero-order valence-electron chi connectivity index (χ0n) is 14.4. The van der Waals surface area contributed by atoms with Crippen molar-refractivity contribution in [3.05, 3.63) is 77.2 Å². The molecule has 1 heterocycles. The van der Waals surface area contributed by atoms with Gasteiger partial charge in [0.1, 0.15) is 5.82 Å². The minimum Gasteiger partial charge on any atom is -0.352 e. The quantitative estimate of drug-likeness (QED) is 0.291. The average Bonchev–Trinajstić information content (AvgIpc) is 3.13. The van der Waals surface area contributed by atoms with Crippen LogP contribution in [0.3, 0.4) is 0 Å². The molecule has 0 fully saturated rings. The molecule has 0 unspecified atom stereocenters. The Labute approximate surface area is 175 Å². The Morgan fingerprint density at radius 2 is 1.73 bits per heavy atom. The van der Waals surface area contributed by atoms with Gasteiger partial charge in [-0.25, -0.2) is 4.98 Å². The molecule has 3 N–H and O–H groups in total. The van der Waals surface area contributed by atoms with Gasteiger partial charge in [0.2, 0.25) is 0 Å². The summed E-state index contributed by atoms with van der Waals surface area (Å²) in [5, 5.41) is 7.25. The van der Waals surface area contributed by atoms with Crippen LogP contribution in [0.15, 0.2) is 65.8 Å². The SMILES string of the molecule is CN=C(NCc1ccc(Cl)cc1)NCc1ncc(-c2ccccc2)[nH]1.I. The molecule has 5 nitrogen and oxygen atoms in total. The van der Waals surface area contributed by atoms with Crippen LogP contribution in [0.25, 0.3) is 11.3 Å². The summed E-state index contributed by atoms with van der Waals surface area (Å²) in [6.45, 7) is 1.23. The van der Waals surface area contributed by atoms with Crippen molar-refractivity contribution in [1.82, 2.24) is 20.6 Å². The van der Waals surface area contributed by atoms with Crippen LogP contribution < -0.4 is 10.6 Å². The van der Waals surface area contributed by atoms with Crippen LogP contribution in [0.1, 0.15) is 11.4 Å². The molecular weight excluding hydrogens is 461 g/mol. The Morgan fingerprint density at radius 3 is 2.42 bits per heavy atom. The Morgan fingerprint density at radius 1 is 1.04 bits per heavy atom. The van der Waals surface area contributed by atoms with Crippen molar-refractivity contribution in [1.29, 1.82) is 0 Å². The second-order valence-corrected chi connectivity index (χ2v) is 5.95. The minimum atomic E-state index is 0. The van der Waals surface area contributed by atoms with Crippen LogP contribution >= 0.6 is 35.6 Å². The van der Waals surface area contributed by atoms with Crippen molar-refractivity contribution in [3.8, 4) is 11.3 Å². The summed E-state index contributed by atoms with van der Waals surface area (Å²) in [4.78, 5) is 12.0. The number of aromatic amines is 1. The van der Waals surface area contributed by atoms with Gasteiger partial charge in [-0.15, -0.1) is 24.0 Å². The molecule has 26 heavy (non-hydrogen) atoms. The van der Waals surface area contributed by atoms with Gasteiger partial charge in [0.25, 0.3) is 0 Å². The summed E-state index contributed by atoms with van der Waals surface area (Å²) in [7, 11) is 1.74. The van der Waals surface area contributed by atoms with E-state index >= 15 is 0 Å². The first-order chi connectivity index (χ1) is 12.2. The highest BCUT2D eigenvalue weighted by atomic mass is 127. The van der Waals surface area contributed by atoms with Gasteiger partial charge in [-0.1, -0.05) is 54.1 Å². The van der Waals surface area contributed by atoms with Crippen molar-refractivity contribution in [2.45, 2.75) is 13.1 Å². The molecule has 0 spiro atoms. The summed E-state index contributed by atoms with van der Waals surface area (Å²) in [6, 6.07) is 17.9. The van der Waals surface area contributed by atoms with E-state index in [-0.39, 0.29) is 24.0 Å². The number of rotatable bonds is 5. The normalized spacial score (nSPS) is 10.9. The molecule has 0 aliphatic heterocycles. The predicted molar refractivity (Wildman–Crippen MR) is 118 cm³/mol. The molecule has 3 aromatic rings. The highest BCUT2D eigenvalue weighted by Crippen LogP contribution is 2.15. The fourth-order valence-corrected chi connectivity index (χ4v) is 2.52. The maximum Gasteiger partial charge on any atom is 0.191 e. The second-order valence-electron chi connectivity index (χ2n) is 5.52. The van der Waals surface area contributed by atoms with Crippen molar-refractivity contribution in [2.24, 2.45) is 4.99 Å². The number of hydrogen-bond acceptors (Lipinski definition) is 2. The maximum absolute atomic E-state index is 5.90. The fraction of sp³-hybridized carbons (Fsp3) is 0.158. The minimum absolute atomic E-state index is 0. The van der Waals surface area contributed by atoms with Crippen molar-refractivity contribution in [2.75, 3.05) is 7.05 Å². The van der Waals surface area contributed by atoms with Gasteiger partial charge in [0.05, 0.1) is 18.4 Å². The molecule has 1 aromatic heterocycles. The topological polar surface area (TPSA) is 65.1 Å². The molecule has 7 heteroatoms. The molecule has 0 bridgehead atoms. The Balaban J connectivity index is 0.00000243. The molecule has 0 amide bonds. The highest BCUT2D eigenvalue weighted by Gasteiger charge is 2.04. The lowest BCUT2D eigenvalue weighted by Gasteiger charge is -2.11. The van der Waals surface area contributed by atoms with Crippen LogP contribution in [0.2, 0.25) is 5.02 Å². The molecule has 0 atom stereocenters. The van der Waals surface area contributed by atoms with Crippen LogP contribution in [0.4, 0.5) is 0 Å². The van der Waals surface area contributed by atoms with E-state index in [4.69, 9.17) is 11.6 Å². The lowest BCUT2D eigenvalue weighted by atomic mass is 10.2. The highest BCUT2D eigenvalue weighted by molar-refractivity contribution is 14.0. The van der Waals surface area contributed by atoms with Gasteiger partial charge in [0.15, 0.2) is 5.96 Å². The first-order valence-electron chi connectivity index (χ1n) is 8.03. The lowest BCUT2D eigenvalue weighted by Crippen LogP contribution is -2.36. The molecular formula is C19H21ClIN5. The Hall–Kier alpha value is -2.06. The number of nitrogens with zero attached hydrogens (tertiary/aromatic N) is 2. The van der Waals surface area contributed by atoms with Crippen LogP contribution in [0.5, 0.6) is 0 Å². The number of hydrogen-bond donors (Lipinski definition) is 3. The summed E-state index contributed by atoms with van der Waals surface area (Å²) in [5.41, 5.74) is 3.25. The zero-order valence-corrected chi connectivity index (χ0v) is 17.5. The fourth-order valence-electron chi connectivity index (χ4n) is 2.39. The number of benzene rings is 2. The lowest BCUT2D eigenvalue weighted by molar-refractivity contribution is 0.782. The van der Waals surface area contributed by atoms with E-state index in [1.807, 2.05) is 48.7 Å². The zero-order chi connectivity index (χ0) is 17.5. The third-order valence-electron chi connectivity index (χ3n) is 3.73. The van der Waals surface area contributed by atoms with E-state index in [2.05, 4.69) is 37.7 Å². The van der Waals surface area contributed by atoms with Crippen molar-refractivity contribution in [3.63, 3.8) is 0 Å². The largest absolute Gasteiger partial charge is 0.352 e. The Bertz CT molecular complexity index is 831. The number of nitrogens with one attached hydrogen (secondary N) is 3. The smallest absolute Gasteiger partial charge is 0.191 e. The maximum atomic E-state index is 5.90. The average molecular weight is 482 g/mol. The third kappa shape index (κ3) is 5.74. The van der Waals surface area contributed by atoms with Crippen LogP contribution in [-0.2, 0) is 13.1 Å². The van der Waals surface area contributed by atoms with Crippen LogP contribution in [0, 0.1) is 0 Å². The molecule has 136 valence electrons. The number of halogens is 2. The van der Waals surface area contributed by atoms with Gasteiger partial charge in [-0.2, -0.15) is 0 Å². The first kappa shape index (κ1) is 20.3. The molecule has 2 aromatic carbocycles. The van der Waals surface area contributed by atoms with Gasteiger partial charge in [-0.3, -0.25) is 4.99 Å². The molecule has 0 aliphatic rings. The van der Waals surface area contributed by atoms with Crippen LogP contribution in [-0.4, -0.2) is 23.0 Å². The van der Waals surface area contributed by atoms with Gasteiger partial charge >= 0.3 is 0 Å². The van der Waals surface area contributed by atoms with E-state index in [1.165, 1.54) is 0 Å². The monoisotopic (exact) mass is 481 g/mol. The first-order valence-corrected chi connectivity index (χ1v) is 8.40. The van der Waals surface area contributed by atoms with Crippen molar-refractivity contribution >= 4 is 41.5 Å². The summed E-state index contributed by atoms with van der Waals surface area (Å²) < 4.78 is 0. The number of aromatic nitrogens is 2. The molecule has 3 rings (SSSR count). The van der Waals surface area contributed by atoms with Gasteiger partial charge < -0.3 is 15.6 Å². The summed E-state index contributed by atoms with van der Waals surface area (Å²) in [6.07, 6.45) is 1.84. The number of aliphatic imine (C=N–C) groups is 1. The van der Waals surface area contributed by atoms with Gasteiger partial charge in [-0.05, 0) is 23.3 Å². The third-order valence-corrected chi connectivity index (χ3v) is 3.99. The standard InChI is InChI=1S/C19H20ClN5.HI/c1-21-19(23-11-14-7-9-16(20)10-8-14)24-13-18-22-12-17(25-18)15-5-3-2-4-6-15;/h2-10,12H,11,13H2,1H3,(H,22,25)(H2,21,23,24);1H. The van der Waals surface area contributed by atoms with E-state index < -0.39 is 0 Å². The van der Waals surface area contributed by atoms with Gasteiger partial charge in [0, 0.05) is 18.6 Å². The predicted octanol–water partition coefficient (Wildman–Crippen LogP) is 4.21. The molecule has 0 radical (unpaired) electrons. The molecule has 0 aliphatic carbocycles. The van der Waals surface area contributed by atoms with E-state index in [0.717, 1.165) is 27.7 Å².